The zero-order chi connectivity index (χ0) is 9.68. The van der Waals surface area contributed by atoms with Crippen molar-refractivity contribution >= 4 is 6.21 Å². The second-order valence-corrected chi connectivity index (χ2v) is 2.43. The average molecular weight is 180 g/mol. The molecular weight excluding hydrogens is 168 g/mol. The maximum Gasteiger partial charge on any atom is 0.124 e. The Morgan fingerprint density at radius 1 is 1.62 bits per heavy atom. The van der Waals surface area contributed by atoms with Gasteiger partial charge in [0.05, 0.1) is 12.8 Å². The highest BCUT2D eigenvalue weighted by atomic mass is 16.5. The topological polar surface area (TPSA) is 67.8 Å². The smallest absolute Gasteiger partial charge is 0.124 e. The van der Waals surface area contributed by atoms with E-state index in [-0.39, 0.29) is 5.75 Å². The van der Waals surface area contributed by atoms with Crippen molar-refractivity contribution in [1.29, 1.82) is 0 Å². The van der Waals surface area contributed by atoms with Gasteiger partial charge in [0.25, 0.3) is 0 Å². The normalized spacial score (nSPS) is 10.5. The fraction of sp³-hybridized carbons (Fsp3) is 0.222. The van der Waals surface area contributed by atoms with E-state index in [2.05, 4.69) is 5.10 Å². The zero-order valence-corrected chi connectivity index (χ0v) is 7.40. The van der Waals surface area contributed by atoms with Gasteiger partial charge < -0.3 is 15.7 Å². The van der Waals surface area contributed by atoms with Crippen LogP contribution in [0.3, 0.4) is 0 Å². The fourth-order valence-electron chi connectivity index (χ4n) is 0.973. The minimum Gasteiger partial charge on any atom is -0.507 e. The van der Waals surface area contributed by atoms with E-state index in [0.29, 0.717) is 17.9 Å². The molecule has 0 bridgehead atoms. The first-order valence-electron chi connectivity index (χ1n) is 3.97. The summed E-state index contributed by atoms with van der Waals surface area (Å²) in [6.45, 7) is 2.48. The van der Waals surface area contributed by atoms with Gasteiger partial charge in [0, 0.05) is 5.56 Å². The summed E-state index contributed by atoms with van der Waals surface area (Å²) >= 11 is 0. The van der Waals surface area contributed by atoms with Gasteiger partial charge >= 0.3 is 0 Å². The molecule has 0 amide bonds. The minimum atomic E-state index is 0.137. The molecule has 3 N–H and O–H groups in total. The SMILES string of the molecule is CCOc1ccc(O)c(C=NN)c1. The number of phenols is 1. The van der Waals surface area contributed by atoms with Gasteiger partial charge in [-0.2, -0.15) is 5.10 Å². The predicted octanol–water partition coefficient (Wildman–Crippen LogP) is 1.08. The first kappa shape index (κ1) is 9.38. The number of phenolic OH excluding ortho intramolecular Hbond substituents is 1. The molecule has 0 aliphatic heterocycles. The van der Waals surface area contributed by atoms with Crippen LogP contribution in [-0.2, 0) is 0 Å². The molecule has 0 fully saturated rings. The molecule has 70 valence electrons. The summed E-state index contributed by atoms with van der Waals surface area (Å²) in [4.78, 5) is 0. The van der Waals surface area contributed by atoms with Crippen molar-refractivity contribution in [3.05, 3.63) is 23.8 Å². The van der Waals surface area contributed by atoms with Gasteiger partial charge in [-0.1, -0.05) is 0 Å². The van der Waals surface area contributed by atoms with Crippen molar-refractivity contribution in [3.8, 4) is 11.5 Å². The third-order valence-electron chi connectivity index (χ3n) is 1.52. The Balaban J connectivity index is 2.96. The molecule has 1 rings (SSSR count). The van der Waals surface area contributed by atoms with E-state index in [1.54, 1.807) is 18.2 Å². The van der Waals surface area contributed by atoms with Crippen LogP contribution in [0.4, 0.5) is 0 Å². The first-order chi connectivity index (χ1) is 6.27. The third kappa shape index (κ3) is 2.37. The quantitative estimate of drug-likeness (QED) is 0.415. The van der Waals surface area contributed by atoms with E-state index < -0.39 is 0 Å². The lowest BCUT2D eigenvalue weighted by molar-refractivity contribution is 0.339. The van der Waals surface area contributed by atoms with E-state index in [9.17, 15) is 5.11 Å². The number of nitrogens with two attached hydrogens (primary N) is 1. The highest BCUT2D eigenvalue weighted by molar-refractivity contribution is 5.83. The first-order valence-corrected chi connectivity index (χ1v) is 3.97. The molecule has 0 saturated carbocycles. The molecular formula is C9H12N2O2. The largest absolute Gasteiger partial charge is 0.507 e. The van der Waals surface area contributed by atoms with E-state index >= 15 is 0 Å². The average Bonchev–Trinajstić information content (AvgIpc) is 2.12. The van der Waals surface area contributed by atoms with Crippen LogP contribution in [0, 0.1) is 0 Å². The molecule has 4 nitrogen and oxygen atoms in total. The summed E-state index contributed by atoms with van der Waals surface area (Å²) in [5.41, 5.74) is 0.549. The molecule has 0 aliphatic carbocycles. The van der Waals surface area contributed by atoms with Gasteiger partial charge in [-0.15, -0.1) is 0 Å². The number of benzene rings is 1. The Labute approximate surface area is 76.6 Å². The molecule has 4 heteroatoms. The van der Waals surface area contributed by atoms with Crippen LogP contribution in [0.15, 0.2) is 23.3 Å². The second-order valence-electron chi connectivity index (χ2n) is 2.43. The molecule has 0 saturated heterocycles. The van der Waals surface area contributed by atoms with Crippen LogP contribution < -0.4 is 10.6 Å². The number of hydrogen-bond acceptors (Lipinski definition) is 4. The number of hydrogen-bond donors (Lipinski definition) is 2. The van der Waals surface area contributed by atoms with Crippen molar-refractivity contribution in [2.75, 3.05) is 6.61 Å². The van der Waals surface area contributed by atoms with Crippen LogP contribution in [-0.4, -0.2) is 17.9 Å². The van der Waals surface area contributed by atoms with E-state index in [1.165, 1.54) is 6.21 Å². The van der Waals surface area contributed by atoms with Crippen LogP contribution >= 0.6 is 0 Å². The lowest BCUT2D eigenvalue weighted by atomic mass is 10.2. The Bertz CT molecular complexity index is 310. The van der Waals surface area contributed by atoms with E-state index in [4.69, 9.17) is 10.6 Å². The number of ether oxygens (including phenoxy) is 1. The number of aromatic hydroxyl groups is 1. The number of hydrazone groups is 1. The minimum absolute atomic E-state index is 0.137. The fourth-order valence-corrected chi connectivity index (χ4v) is 0.973. The molecule has 13 heavy (non-hydrogen) atoms. The highest BCUT2D eigenvalue weighted by Crippen LogP contribution is 2.21. The summed E-state index contributed by atoms with van der Waals surface area (Å²) in [5.74, 6) is 5.80. The maximum atomic E-state index is 9.33. The van der Waals surface area contributed by atoms with Crippen molar-refractivity contribution in [3.63, 3.8) is 0 Å². The Morgan fingerprint density at radius 3 is 3.00 bits per heavy atom. The van der Waals surface area contributed by atoms with Crippen LogP contribution in [0.1, 0.15) is 12.5 Å². The van der Waals surface area contributed by atoms with E-state index in [1.807, 2.05) is 6.92 Å². The molecule has 0 aliphatic rings. The van der Waals surface area contributed by atoms with Gasteiger partial charge in [0.1, 0.15) is 11.5 Å². The van der Waals surface area contributed by atoms with Crippen LogP contribution in [0.25, 0.3) is 0 Å². The van der Waals surface area contributed by atoms with Gasteiger partial charge in [-0.05, 0) is 25.1 Å². The van der Waals surface area contributed by atoms with Crippen LogP contribution in [0.2, 0.25) is 0 Å². The van der Waals surface area contributed by atoms with Crippen molar-refractivity contribution in [2.24, 2.45) is 10.9 Å². The summed E-state index contributed by atoms with van der Waals surface area (Å²) < 4.78 is 5.23. The van der Waals surface area contributed by atoms with Gasteiger partial charge in [0.2, 0.25) is 0 Å². The molecule has 0 radical (unpaired) electrons. The lowest BCUT2D eigenvalue weighted by Gasteiger charge is -2.04. The van der Waals surface area contributed by atoms with Crippen molar-refractivity contribution < 1.29 is 9.84 Å². The number of rotatable bonds is 3. The van der Waals surface area contributed by atoms with Crippen molar-refractivity contribution in [1.82, 2.24) is 0 Å². The van der Waals surface area contributed by atoms with Gasteiger partial charge in [-0.3, -0.25) is 0 Å². The Hall–Kier alpha value is -1.71. The summed E-state index contributed by atoms with van der Waals surface area (Å²) in [6, 6.07) is 4.91. The third-order valence-corrected chi connectivity index (χ3v) is 1.52. The molecule has 0 spiro atoms. The zero-order valence-electron chi connectivity index (χ0n) is 7.40. The van der Waals surface area contributed by atoms with Gasteiger partial charge in [0.15, 0.2) is 0 Å². The van der Waals surface area contributed by atoms with Crippen molar-refractivity contribution in [2.45, 2.75) is 6.92 Å². The molecule has 1 aromatic rings. The maximum absolute atomic E-state index is 9.33. The predicted molar refractivity (Wildman–Crippen MR) is 51.1 cm³/mol. The Kier molecular flexibility index (Phi) is 3.14. The lowest BCUT2D eigenvalue weighted by Crippen LogP contribution is -1.93. The van der Waals surface area contributed by atoms with Gasteiger partial charge in [-0.25, -0.2) is 0 Å². The molecule has 0 unspecified atom stereocenters. The van der Waals surface area contributed by atoms with Crippen LogP contribution in [0.5, 0.6) is 11.5 Å². The van der Waals surface area contributed by atoms with E-state index in [0.717, 1.165) is 0 Å². The monoisotopic (exact) mass is 180 g/mol. The highest BCUT2D eigenvalue weighted by Gasteiger charge is 2.00. The molecule has 0 aromatic heterocycles. The number of nitrogens with zero attached hydrogens (tertiary/aromatic N) is 1. The Morgan fingerprint density at radius 2 is 2.38 bits per heavy atom. The second kappa shape index (κ2) is 4.35. The standard InChI is InChI=1S/C9H12N2O2/c1-2-13-8-3-4-9(12)7(5-8)6-11-10/h3-6,12H,2,10H2,1H3. The molecule has 0 atom stereocenters. The molecule has 0 heterocycles. The molecule has 1 aromatic carbocycles. The summed E-state index contributed by atoms with van der Waals surface area (Å²) in [7, 11) is 0. The summed E-state index contributed by atoms with van der Waals surface area (Å²) in [5, 5.41) is 12.7. The summed E-state index contributed by atoms with van der Waals surface area (Å²) in [6.07, 6.45) is 1.37.